The Labute approximate surface area is 237 Å². The van der Waals surface area contributed by atoms with Gasteiger partial charge in [-0.1, -0.05) is 111 Å². The second kappa shape index (κ2) is 14.2. The number of ether oxygens (including phenoxy) is 1. The molecule has 0 heterocycles. The van der Waals surface area contributed by atoms with E-state index in [-0.39, 0.29) is 36.9 Å². The van der Waals surface area contributed by atoms with E-state index in [0.717, 1.165) is 42.4 Å². The second-order valence-corrected chi connectivity index (χ2v) is 11.1. The highest BCUT2D eigenvalue weighted by atomic mass is 35.5. The van der Waals surface area contributed by atoms with Crippen molar-refractivity contribution in [3.8, 4) is 5.75 Å². The van der Waals surface area contributed by atoms with Gasteiger partial charge in [-0.25, -0.2) is 0 Å². The predicted octanol–water partition coefficient (Wildman–Crippen LogP) is 6.93. The molecule has 0 spiro atoms. The van der Waals surface area contributed by atoms with Crippen molar-refractivity contribution in [3.63, 3.8) is 0 Å². The van der Waals surface area contributed by atoms with Gasteiger partial charge in [-0.05, 0) is 47.6 Å². The van der Waals surface area contributed by atoms with E-state index >= 15 is 0 Å². The van der Waals surface area contributed by atoms with Crippen molar-refractivity contribution in [2.24, 2.45) is 0 Å². The molecule has 0 radical (unpaired) electrons. The Bertz CT molecular complexity index is 1220. The fourth-order valence-corrected chi connectivity index (χ4v) is 5.42. The van der Waals surface area contributed by atoms with E-state index in [1.807, 2.05) is 78.9 Å². The fourth-order valence-electron chi connectivity index (χ4n) is 5.22. The quantitative estimate of drug-likeness (QED) is 0.283. The third-order valence-electron chi connectivity index (χ3n) is 7.41. The van der Waals surface area contributed by atoms with Gasteiger partial charge in [0, 0.05) is 24.0 Å². The van der Waals surface area contributed by atoms with Crippen molar-refractivity contribution in [2.75, 3.05) is 6.61 Å². The van der Waals surface area contributed by atoms with Crippen LogP contribution >= 0.6 is 11.6 Å². The summed E-state index contributed by atoms with van der Waals surface area (Å²) in [6.45, 7) is 4.23. The van der Waals surface area contributed by atoms with Crippen molar-refractivity contribution in [2.45, 2.75) is 76.9 Å². The van der Waals surface area contributed by atoms with Crippen molar-refractivity contribution < 1.29 is 14.3 Å². The Hall–Kier alpha value is -3.31. The summed E-state index contributed by atoms with van der Waals surface area (Å²) in [5, 5.41) is 3.83. The summed E-state index contributed by atoms with van der Waals surface area (Å²) in [5.41, 5.74) is 2.82. The molecule has 6 heteroatoms. The van der Waals surface area contributed by atoms with Gasteiger partial charge in [-0.3, -0.25) is 9.59 Å². The lowest BCUT2D eigenvalue weighted by Crippen LogP contribution is -2.53. The summed E-state index contributed by atoms with van der Waals surface area (Å²) < 4.78 is 6.08. The minimum atomic E-state index is -0.706. The Morgan fingerprint density at radius 2 is 1.59 bits per heavy atom. The molecule has 0 aromatic heterocycles. The van der Waals surface area contributed by atoms with Gasteiger partial charge < -0.3 is 15.0 Å². The van der Waals surface area contributed by atoms with E-state index in [2.05, 4.69) is 19.2 Å². The maximum atomic E-state index is 13.9. The Morgan fingerprint density at radius 3 is 2.31 bits per heavy atom. The number of para-hydroxylation sites is 1. The summed E-state index contributed by atoms with van der Waals surface area (Å²) in [5.74, 6) is 0.550. The van der Waals surface area contributed by atoms with Gasteiger partial charge in [0.25, 0.3) is 5.91 Å². The van der Waals surface area contributed by atoms with Gasteiger partial charge in [0.1, 0.15) is 11.8 Å². The summed E-state index contributed by atoms with van der Waals surface area (Å²) in [7, 11) is 0. The Balaban J connectivity index is 1.63. The molecule has 0 aliphatic heterocycles. The van der Waals surface area contributed by atoms with Crippen LogP contribution in [0.15, 0.2) is 78.9 Å². The molecule has 39 heavy (non-hydrogen) atoms. The molecule has 0 bridgehead atoms. The number of hydrogen-bond donors (Lipinski definition) is 1. The number of halogens is 1. The lowest BCUT2D eigenvalue weighted by molar-refractivity contribution is -0.143. The smallest absolute Gasteiger partial charge is 0.261 e. The number of rotatable bonds is 11. The molecule has 1 aliphatic rings. The number of carbonyl (C=O) groups is 2. The van der Waals surface area contributed by atoms with Crippen molar-refractivity contribution >= 4 is 23.4 Å². The molecule has 1 atom stereocenters. The number of amides is 2. The van der Waals surface area contributed by atoms with Gasteiger partial charge in [0.05, 0.1) is 0 Å². The number of hydrogen-bond acceptors (Lipinski definition) is 3. The van der Waals surface area contributed by atoms with Gasteiger partial charge in [0.2, 0.25) is 5.91 Å². The number of nitrogens with zero attached hydrogens (tertiary/aromatic N) is 1. The van der Waals surface area contributed by atoms with Crippen LogP contribution in [-0.2, 0) is 22.6 Å². The predicted molar refractivity (Wildman–Crippen MR) is 157 cm³/mol. The van der Waals surface area contributed by atoms with E-state index in [4.69, 9.17) is 16.3 Å². The fraction of sp³-hybridized carbons (Fsp3) is 0.394. The Kier molecular flexibility index (Phi) is 10.4. The van der Waals surface area contributed by atoms with Crippen LogP contribution in [0.25, 0.3) is 0 Å². The van der Waals surface area contributed by atoms with Crippen molar-refractivity contribution in [1.82, 2.24) is 10.2 Å². The first kappa shape index (κ1) is 28.7. The molecule has 5 nitrogen and oxygen atoms in total. The van der Waals surface area contributed by atoms with Crippen LogP contribution in [-0.4, -0.2) is 35.4 Å². The molecule has 0 unspecified atom stereocenters. The zero-order valence-corrected chi connectivity index (χ0v) is 23.7. The minimum Gasteiger partial charge on any atom is -0.483 e. The largest absolute Gasteiger partial charge is 0.483 e. The van der Waals surface area contributed by atoms with Gasteiger partial charge in [-0.15, -0.1) is 0 Å². The van der Waals surface area contributed by atoms with Crippen LogP contribution in [0.5, 0.6) is 5.75 Å². The molecule has 2 amide bonds. The van der Waals surface area contributed by atoms with E-state index in [9.17, 15) is 9.59 Å². The molecular formula is C33H39ClN2O3. The van der Waals surface area contributed by atoms with Crippen LogP contribution in [0.4, 0.5) is 0 Å². The lowest BCUT2D eigenvalue weighted by Gasteiger charge is -2.33. The topological polar surface area (TPSA) is 58.6 Å². The van der Waals surface area contributed by atoms with Crippen LogP contribution in [0.1, 0.15) is 68.6 Å². The lowest BCUT2D eigenvalue weighted by atomic mass is 9.94. The molecule has 206 valence electrons. The number of carbonyl (C=O) groups excluding carboxylic acids is 2. The average molecular weight is 547 g/mol. The van der Waals surface area contributed by atoms with Crippen LogP contribution in [0.3, 0.4) is 0 Å². The summed E-state index contributed by atoms with van der Waals surface area (Å²) in [6, 6.07) is 24.5. The summed E-state index contributed by atoms with van der Waals surface area (Å²) in [6.07, 6.45) is 5.76. The first-order valence-electron chi connectivity index (χ1n) is 14.0. The van der Waals surface area contributed by atoms with Gasteiger partial charge in [0.15, 0.2) is 6.61 Å². The molecule has 1 N–H and O–H groups in total. The first-order chi connectivity index (χ1) is 18.9. The number of nitrogens with one attached hydrogen (secondary N) is 1. The maximum Gasteiger partial charge on any atom is 0.261 e. The van der Waals surface area contributed by atoms with Crippen molar-refractivity contribution in [1.29, 1.82) is 0 Å². The zero-order chi connectivity index (χ0) is 27.6. The Morgan fingerprint density at radius 1 is 0.923 bits per heavy atom. The van der Waals surface area contributed by atoms with Gasteiger partial charge >= 0.3 is 0 Å². The van der Waals surface area contributed by atoms with Crippen LogP contribution in [0.2, 0.25) is 5.02 Å². The highest BCUT2D eigenvalue weighted by Crippen LogP contribution is 2.27. The molecule has 3 aromatic carbocycles. The van der Waals surface area contributed by atoms with Crippen LogP contribution < -0.4 is 10.1 Å². The monoisotopic (exact) mass is 546 g/mol. The maximum absolute atomic E-state index is 13.9. The third kappa shape index (κ3) is 8.09. The molecule has 1 fully saturated rings. The van der Waals surface area contributed by atoms with E-state index < -0.39 is 6.04 Å². The minimum absolute atomic E-state index is 0.131. The number of benzene rings is 3. The summed E-state index contributed by atoms with van der Waals surface area (Å²) >= 11 is 6.53. The summed E-state index contributed by atoms with van der Waals surface area (Å²) in [4.78, 5) is 29.4. The highest BCUT2D eigenvalue weighted by molar-refractivity contribution is 6.31. The molecule has 4 rings (SSSR count). The highest BCUT2D eigenvalue weighted by Gasteiger charge is 2.32. The SMILES string of the molecule is CC(C)c1ccccc1OCC(=O)N(Cc1ccccc1Cl)[C@H](Cc1ccccc1)C(=O)NC1CCCCC1. The average Bonchev–Trinajstić information content (AvgIpc) is 2.95. The molecule has 0 saturated heterocycles. The molecule has 1 saturated carbocycles. The molecule has 3 aromatic rings. The molecular weight excluding hydrogens is 508 g/mol. The van der Waals surface area contributed by atoms with Gasteiger partial charge in [-0.2, -0.15) is 0 Å². The third-order valence-corrected chi connectivity index (χ3v) is 7.78. The second-order valence-electron chi connectivity index (χ2n) is 10.6. The van der Waals surface area contributed by atoms with E-state index in [1.54, 1.807) is 4.90 Å². The normalized spacial score (nSPS) is 14.6. The van der Waals surface area contributed by atoms with E-state index in [0.29, 0.717) is 17.2 Å². The van der Waals surface area contributed by atoms with E-state index in [1.165, 1.54) is 6.42 Å². The zero-order valence-electron chi connectivity index (χ0n) is 22.9. The van der Waals surface area contributed by atoms with Crippen molar-refractivity contribution in [3.05, 3.63) is 101 Å². The first-order valence-corrected chi connectivity index (χ1v) is 14.4. The van der Waals surface area contributed by atoms with Crippen LogP contribution in [0, 0.1) is 0 Å². The standard InChI is InChI=1S/C33H39ClN2O3/c1-24(2)28-18-10-12-20-31(28)39-23-32(37)36(22-26-15-9-11-19-29(26)34)30(21-25-13-5-3-6-14-25)33(38)35-27-16-7-4-8-17-27/h3,5-6,9-15,18-20,24,27,30H,4,7-8,16-17,21-23H2,1-2H3,(H,35,38)/t30-/m1/s1. The molecule has 1 aliphatic carbocycles.